The smallest absolute Gasteiger partial charge is 0.274 e. The Balaban J connectivity index is 1.67. The minimum Gasteiger partial charge on any atom is -0.382 e. The molecule has 0 radical (unpaired) electrons. The topological polar surface area (TPSA) is 89.9 Å². The highest BCUT2D eigenvalue weighted by Crippen LogP contribution is 2.22. The summed E-state index contributed by atoms with van der Waals surface area (Å²) < 4.78 is 1.79. The van der Waals surface area contributed by atoms with Gasteiger partial charge in [0.05, 0.1) is 12.0 Å². The molecule has 0 saturated carbocycles. The zero-order valence-corrected chi connectivity index (χ0v) is 12.6. The lowest BCUT2D eigenvalue weighted by molar-refractivity contribution is 0.0667. The number of nitrogen functional groups attached to an aromatic ring is 1. The number of nitrogens with two attached hydrogens (primary N) is 1. The Bertz CT molecular complexity index is 668. The van der Waals surface area contributed by atoms with Crippen LogP contribution in [0.1, 0.15) is 29.0 Å². The number of amides is 1. The zero-order chi connectivity index (χ0) is 15.5. The third-order valence-corrected chi connectivity index (χ3v) is 4.02. The Morgan fingerprint density at radius 1 is 1.36 bits per heavy atom. The van der Waals surface area contributed by atoms with Crippen molar-refractivity contribution in [3.05, 3.63) is 36.3 Å². The molecule has 1 atom stereocenters. The Morgan fingerprint density at radius 2 is 2.18 bits per heavy atom. The standard InChI is InChI=1S/C15H20N6O/c1-20-9-13(19-10-20)15(22)21-6-2-3-11(8-21)7-12-14(16)18-5-4-17-12/h4-5,9-11H,2-3,6-8H2,1H3,(H2,16,18). The third kappa shape index (κ3) is 3.08. The van der Waals surface area contributed by atoms with Gasteiger partial charge in [0, 0.05) is 38.7 Å². The van der Waals surface area contributed by atoms with E-state index in [1.54, 1.807) is 29.5 Å². The van der Waals surface area contributed by atoms with E-state index >= 15 is 0 Å². The lowest BCUT2D eigenvalue weighted by atomic mass is 9.93. The molecule has 2 aromatic heterocycles. The molecule has 0 aliphatic carbocycles. The highest BCUT2D eigenvalue weighted by atomic mass is 16.2. The first-order valence-corrected chi connectivity index (χ1v) is 7.46. The Morgan fingerprint density at radius 3 is 2.91 bits per heavy atom. The molecule has 0 spiro atoms. The van der Waals surface area contributed by atoms with E-state index in [1.165, 1.54) is 0 Å². The van der Waals surface area contributed by atoms with Gasteiger partial charge in [0.15, 0.2) is 0 Å². The fraction of sp³-hybridized carbons (Fsp3) is 0.467. The summed E-state index contributed by atoms with van der Waals surface area (Å²) in [6.07, 6.45) is 9.47. The SMILES string of the molecule is Cn1cnc(C(=O)N2CCCC(Cc3nccnc3N)C2)c1. The average Bonchev–Trinajstić information content (AvgIpc) is 2.96. The lowest BCUT2D eigenvalue weighted by Crippen LogP contribution is -2.40. The summed E-state index contributed by atoms with van der Waals surface area (Å²) in [7, 11) is 1.86. The molecule has 116 valence electrons. The van der Waals surface area contributed by atoms with Crippen LogP contribution >= 0.6 is 0 Å². The lowest BCUT2D eigenvalue weighted by Gasteiger charge is -2.32. The monoisotopic (exact) mass is 300 g/mol. The van der Waals surface area contributed by atoms with Crippen LogP contribution < -0.4 is 5.73 Å². The maximum absolute atomic E-state index is 12.5. The first-order valence-electron chi connectivity index (χ1n) is 7.46. The molecule has 0 aromatic carbocycles. The largest absolute Gasteiger partial charge is 0.382 e. The van der Waals surface area contributed by atoms with Crippen molar-refractivity contribution in [3.8, 4) is 0 Å². The fourth-order valence-electron chi connectivity index (χ4n) is 2.91. The van der Waals surface area contributed by atoms with Crippen LogP contribution in [0, 0.1) is 5.92 Å². The summed E-state index contributed by atoms with van der Waals surface area (Å²) in [4.78, 5) is 26.9. The van der Waals surface area contributed by atoms with E-state index in [0.29, 0.717) is 24.0 Å². The van der Waals surface area contributed by atoms with Crippen LogP contribution in [-0.2, 0) is 13.5 Å². The first-order chi connectivity index (χ1) is 10.6. The second kappa shape index (κ2) is 6.13. The number of aromatic nitrogens is 4. The highest BCUT2D eigenvalue weighted by molar-refractivity contribution is 5.92. The van der Waals surface area contributed by atoms with Crippen LogP contribution in [0.3, 0.4) is 0 Å². The quantitative estimate of drug-likeness (QED) is 0.909. The maximum Gasteiger partial charge on any atom is 0.274 e. The molecule has 1 aliphatic heterocycles. The summed E-state index contributed by atoms with van der Waals surface area (Å²) >= 11 is 0. The summed E-state index contributed by atoms with van der Waals surface area (Å²) in [6, 6.07) is 0. The minimum absolute atomic E-state index is 0.00239. The van der Waals surface area contributed by atoms with Crippen molar-refractivity contribution < 1.29 is 4.79 Å². The molecule has 0 bridgehead atoms. The number of aryl methyl sites for hydroxylation is 1. The molecule has 1 amide bonds. The molecule has 7 heteroatoms. The van der Waals surface area contributed by atoms with Crippen molar-refractivity contribution in [1.82, 2.24) is 24.4 Å². The first kappa shape index (κ1) is 14.5. The molecule has 22 heavy (non-hydrogen) atoms. The van der Waals surface area contributed by atoms with Crippen LogP contribution in [0.25, 0.3) is 0 Å². The van der Waals surface area contributed by atoms with Gasteiger partial charge in [-0.05, 0) is 25.2 Å². The number of piperidine rings is 1. The molecule has 7 nitrogen and oxygen atoms in total. The van der Waals surface area contributed by atoms with E-state index in [-0.39, 0.29) is 5.91 Å². The van der Waals surface area contributed by atoms with Gasteiger partial charge in [-0.15, -0.1) is 0 Å². The second-order valence-electron chi connectivity index (χ2n) is 5.78. The van der Waals surface area contributed by atoms with Crippen molar-refractivity contribution in [2.45, 2.75) is 19.3 Å². The maximum atomic E-state index is 12.5. The summed E-state index contributed by atoms with van der Waals surface area (Å²) in [5.74, 6) is 0.841. The predicted octanol–water partition coefficient (Wildman–Crippen LogP) is 0.887. The van der Waals surface area contributed by atoms with E-state index in [4.69, 9.17) is 5.73 Å². The number of nitrogens with zero attached hydrogens (tertiary/aromatic N) is 5. The molecule has 3 rings (SSSR count). The Hall–Kier alpha value is -2.44. The third-order valence-electron chi connectivity index (χ3n) is 4.02. The van der Waals surface area contributed by atoms with Crippen molar-refractivity contribution >= 4 is 11.7 Å². The van der Waals surface area contributed by atoms with Crippen molar-refractivity contribution in [2.75, 3.05) is 18.8 Å². The second-order valence-corrected chi connectivity index (χ2v) is 5.78. The number of anilines is 1. The summed E-state index contributed by atoms with van der Waals surface area (Å²) in [6.45, 7) is 1.49. The van der Waals surface area contributed by atoms with Crippen LogP contribution in [-0.4, -0.2) is 43.4 Å². The number of rotatable bonds is 3. The van der Waals surface area contributed by atoms with Gasteiger partial charge < -0.3 is 15.2 Å². The fourth-order valence-corrected chi connectivity index (χ4v) is 2.91. The normalized spacial score (nSPS) is 18.4. The molecule has 1 fully saturated rings. The van der Waals surface area contributed by atoms with E-state index in [0.717, 1.165) is 31.5 Å². The van der Waals surface area contributed by atoms with E-state index in [2.05, 4.69) is 15.0 Å². The molecule has 3 heterocycles. The van der Waals surface area contributed by atoms with Crippen molar-refractivity contribution in [3.63, 3.8) is 0 Å². The summed E-state index contributed by atoms with van der Waals surface area (Å²) in [5, 5.41) is 0. The number of hydrogen-bond acceptors (Lipinski definition) is 5. The number of imidazole rings is 1. The molecule has 2 aromatic rings. The molecular formula is C15H20N6O. The predicted molar refractivity (Wildman–Crippen MR) is 82.0 cm³/mol. The molecule has 1 saturated heterocycles. The van der Waals surface area contributed by atoms with Crippen molar-refractivity contribution in [1.29, 1.82) is 0 Å². The van der Waals surface area contributed by atoms with Crippen LogP contribution in [0.15, 0.2) is 24.9 Å². The van der Waals surface area contributed by atoms with Gasteiger partial charge in [-0.3, -0.25) is 9.78 Å². The highest BCUT2D eigenvalue weighted by Gasteiger charge is 2.26. The number of carbonyl (C=O) groups excluding carboxylic acids is 1. The molecule has 1 aliphatic rings. The number of hydrogen-bond donors (Lipinski definition) is 1. The number of carbonyl (C=O) groups is 1. The minimum atomic E-state index is -0.00239. The van der Waals surface area contributed by atoms with Crippen LogP contribution in [0.2, 0.25) is 0 Å². The molecular weight excluding hydrogens is 280 g/mol. The van der Waals surface area contributed by atoms with Crippen LogP contribution in [0.5, 0.6) is 0 Å². The van der Waals surface area contributed by atoms with Crippen LogP contribution in [0.4, 0.5) is 5.82 Å². The van der Waals surface area contributed by atoms with Crippen molar-refractivity contribution in [2.24, 2.45) is 13.0 Å². The Labute approximate surface area is 129 Å². The van der Waals surface area contributed by atoms with E-state index in [9.17, 15) is 4.79 Å². The van der Waals surface area contributed by atoms with Gasteiger partial charge in [-0.1, -0.05) is 0 Å². The average molecular weight is 300 g/mol. The van der Waals surface area contributed by atoms with Gasteiger partial charge in [-0.2, -0.15) is 0 Å². The molecule has 1 unspecified atom stereocenters. The van der Waals surface area contributed by atoms with Gasteiger partial charge in [0.2, 0.25) is 0 Å². The van der Waals surface area contributed by atoms with Gasteiger partial charge in [-0.25, -0.2) is 9.97 Å². The summed E-state index contributed by atoms with van der Waals surface area (Å²) in [5.41, 5.74) is 7.18. The Kier molecular flexibility index (Phi) is 4.04. The number of likely N-dealkylation sites (tertiary alicyclic amines) is 1. The van der Waals surface area contributed by atoms with Gasteiger partial charge in [0.25, 0.3) is 5.91 Å². The molecule has 2 N–H and O–H groups in total. The zero-order valence-electron chi connectivity index (χ0n) is 12.6. The van der Waals surface area contributed by atoms with Gasteiger partial charge >= 0.3 is 0 Å². The van der Waals surface area contributed by atoms with E-state index < -0.39 is 0 Å². The van der Waals surface area contributed by atoms with E-state index in [1.807, 2.05) is 11.9 Å². The van der Waals surface area contributed by atoms with Gasteiger partial charge in [0.1, 0.15) is 11.5 Å².